The molecule has 3 rings (SSSR count). The molecule has 0 unspecified atom stereocenters. The fourth-order valence-corrected chi connectivity index (χ4v) is 2.71. The van der Waals surface area contributed by atoms with E-state index >= 15 is 0 Å². The molecule has 0 spiro atoms. The molecule has 0 saturated carbocycles. The molecule has 0 aliphatic rings. The van der Waals surface area contributed by atoms with Crippen LogP contribution >= 0.6 is 11.3 Å². The Labute approximate surface area is 136 Å². The van der Waals surface area contributed by atoms with E-state index in [0.29, 0.717) is 27.7 Å². The highest BCUT2D eigenvalue weighted by Gasteiger charge is 2.13. The van der Waals surface area contributed by atoms with Crippen molar-refractivity contribution in [2.24, 2.45) is 0 Å². The zero-order chi connectivity index (χ0) is 16.1. The van der Waals surface area contributed by atoms with Crippen LogP contribution < -0.4 is 5.32 Å². The fourth-order valence-electron chi connectivity index (χ4n) is 1.93. The number of ketones is 1. The number of aromatic nitrogens is 3. The Morgan fingerprint density at radius 3 is 2.87 bits per heavy atom. The summed E-state index contributed by atoms with van der Waals surface area (Å²) in [5, 5.41) is 12.7. The van der Waals surface area contributed by atoms with Crippen LogP contribution in [0.15, 0.2) is 49.2 Å². The summed E-state index contributed by atoms with van der Waals surface area (Å²) in [7, 11) is 0. The van der Waals surface area contributed by atoms with Crippen LogP contribution in [-0.4, -0.2) is 20.7 Å². The van der Waals surface area contributed by atoms with E-state index in [4.69, 9.17) is 5.26 Å². The van der Waals surface area contributed by atoms with Crippen LogP contribution in [0.1, 0.15) is 26.4 Å². The van der Waals surface area contributed by atoms with Gasteiger partial charge in [0.2, 0.25) is 5.78 Å². The lowest BCUT2D eigenvalue weighted by Gasteiger charge is -2.01. The van der Waals surface area contributed by atoms with Crippen LogP contribution in [0.25, 0.3) is 0 Å². The molecule has 0 fully saturated rings. The third-order valence-corrected chi connectivity index (χ3v) is 3.99. The van der Waals surface area contributed by atoms with E-state index in [1.165, 1.54) is 23.9 Å². The Balaban J connectivity index is 1.71. The van der Waals surface area contributed by atoms with Crippen molar-refractivity contribution in [3.63, 3.8) is 0 Å². The molecule has 0 bridgehead atoms. The Hall–Kier alpha value is -3.11. The van der Waals surface area contributed by atoms with Gasteiger partial charge in [-0.2, -0.15) is 5.26 Å². The SMILES string of the molecule is N#Cc1cccc(C(=O)c2cnc(NCc3cncnc3)s2)c1. The molecule has 3 aromatic rings. The molecule has 0 amide bonds. The number of carbonyl (C=O) groups is 1. The number of nitrogens with one attached hydrogen (secondary N) is 1. The van der Waals surface area contributed by atoms with Crippen molar-refractivity contribution in [1.82, 2.24) is 15.0 Å². The lowest BCUT2D eigenvalue weighted by atomic mass is 10.1. The Morgan fingerprint density at radius 2 is 2.09 bits per heavy atom. The van der Waals surface area contributed by atoms with Gasteiger partial charge in [-0.3, -0.25) is 4.79 Å². The zero-order valence-electron chi connectivity index (χ0n) is 11.9. The average Bonchev–Trinajstić information content (AvgIpc) is 3.09. The molecule has 1 N–H and O–H groups in total. The van der Waals surface area contributed by atoms with Crippen LogP contribution in [0.3, 0.4) is 0 Å². The molecule has 0 aliphatic heterocycles. The molecule has 0 saturated heterocycles. The lowest BCUT2D eigenvalue weighted by molar-refractivity contribution is 0.104. The summed E-state index contributed by atoms with van der Waals surface area (Å²) in [4.78, 5) is 25.0. The van der Waals surface area contributed by atoms with Crippen LogP contribution in [0.4, 0.5) is 5.13 Å². The van der Waals surface area contributed by atoms with E-state index < -0.39 is 0 Å². The predicted octanol–water partition coefficient (Wildman–Crippen LogP) is 2.65. The van der Waals surface area contributed by atoms with E-state index in [2.05, 4.69) is 20.3 Å². The fraction of sp³-hybridized carbons (Fsp3) is 0.0625. The first-order chi connectivity index (χ1) is 11.3. The summed E-state index contributed by atoms with van der Waals surface area (Å²) in [6.45, 7) is 0.534. The van der Waals surface area contributed by atoms with Crippen molar-refractivity contribution in [3.05, 3.63) is 70.8 Å². The first-order valence-electron chi connectivity index (χ1n) is 6.75. The summed E-state index contributed by atoms with van der Waals surface area (Å²) >= 11 is 1.27. The second kappa shape index (κ2) is 6.77. The Kier molecular flexibility index (Phi) is 4.36. The van der Waals surface area contributed by atoms with E-state index in [-0.39, 0.29) is 5.78 Å². The first kappa shape index (κ1) is 14.8. The molecule has 0 atom stereocenters. The van der Waals surface area contributed by atoms with Gasteiger partial charge in [0.1, 0.15) is 6.33 Å². The number of rotatable bonds is 5. The molecule has 0 radical (unpaired) electrons. The highest BCUT2D eigenvalue weighted by Crippen LogP contribution is 2.22. The second-order valence-electron chi connectivity index (χ2n) is 4.65. The third-order valence-electron chi connectivity index (χ3n) is 3.04. The highest BCUT2D eigenvalue weighted by molar-refractivity contribution is 7.17. The van der Waals surface area contributed by atoms with Crippen molar-refractivity contribution in [3.8, 4) is 6.07 Å². The molecule has 23 heavy (non-hydrogen) atoms. The van der Waals surface area contributed by atoms with Gasteiger partial charge in [-0.15, -0.1) is 0 Å². The van der Waals surface area contributed by atoms with Crippen LogP contribution in [-0.2, 0) is 6.54 Å². The standard InChI is InChI=1S/C16H11N5OS/c17-5-11-2-1-3-13(4-11)15(22)14-9-21-16(23-14)20-8-12-6-18-10-19-7-12/h1-4,6-7,9-10H,8H2,(H,20,21). The molecule has 7 heteroatoms. The van der Waals surface area contributed by atoms with Gasteiger partial charge in [0.15, 0.2) is 5.13 Å². The molecule has 112 valence electrons. The van der Waals surface area contributed by atoms with Crippen molar-refractivity contribution >= 4 is 22.3 Å². The second-order valence-corrected chi connectivity index (χ2v) is 5.68. The number of hydrogen-bond acceptors (Lipinski definition) is 7. The van der Waals surface area contributed by atoms with E-state index in [1.807, 2.05) is 6.07 Å². The monoisotopic (exact) mass is 321 g/mol. The van der Waals surface area contributed by atoms with Crippen LogP contribution in [0.5, 0.6) is 0 Å². The first-order valence-corrected chi connectivity index (χ1v) is 7.56. The quantitative estimate of drug-likeness (QED) is 0.726. The Bertz CT molecular complexity index is 869. The largest absolute Gasteiger partial charge is 0.357 e. The highest BCUT2D eigenvalue weighted by atomic mass is 32.1. The summed E-state index contributed by atoms with van der Waals surface area (Å²) in [6, 6.07) is 8.66. The van der Waals surface area contributed by atoms with Crippen molar-refractivity contribution in [2.75, 3.05) is 5.32 Å². The van der Waals surface area contributed by atoms with Crippen LogP contribution in [0, 0.1) is 11.3 Å². The number of thiazole rings is 1. The molecule has 0 aliphatic carbocycles. The maximum Gasteiger partial charge on any atom is 0.204 e. The van der Waals surface area contributed by atoms with Gasteiger partial charge < -0.3 is 5.32 Å². The van der Waals surface area contributed by atoms with Gasteiger partial charge in [0.05, 0.1) is 22.7 Å². The molecule has 1 aromatic carbocycles. The van der Waals surface area contributed by atoms with Crippen LogP contribution in [0.2, 0.25) is 0 Å². The summed E-state index contributed by atoms with van der Waals surface area (Å²) in [5.74, 6) is -0.143. The Morgan fingerprint density at radius 1 is 1.26 bits per heavy atom. The van der Waals surface area contributed by atoms with Gasteiger partial charge in [0.25, 0.3) is 0 Å². The van der Waals surface area contributed by atoms with Gasteiger partial charge in [-0.25, -0.2) is 15.0 Å². The molecular weight excluding hydrogens is 310 g/mol. The maximum atomic E-state index is 12.4. The number of nitrogens with zero attached hydrogens (tertiary/aromatic N) is 4. The topological polar surface area (TPSA) is 91.6 Å². The number of anilines is 1. The summed E-state index contributed by atoms with van der Waals surface area (Å²) in [6.07, 6.45) is 6.44. The number of benzene rings is 1. The van der Waals surface area contributed by atoms with Gasteiger partial charge in [-0.1, -0.05) is 23.5 Å². The van der Waals surface area contributed by atoms with Crippen molar-refractivity contribution < 1.29 is 4.79 Å². The molecule has 2 aromatic heterocycles. The summed E-state index contributed by atoms with van der Waals surface area (Å²) in [5.41, 5.74) is 1.87. The van der Waals surface area contributed by atoms with E-state index in [9.17, 15) is 4.79 Å². The van der Waals surface area contributed by atoms with Gasteiger partial charge >= 0.3 is 0 Å². The number of carbonyl (C=O) groups excluding carboxylic acids is 1. The third kappa shape index (κ3) is 3.56. The maximum absolute atomic E-state index is 12.4. The zero-order valence-corrected chi connectivity index (χ0v) is 12.7. The average molecular weight is 321 g/mol. The molecular formula is C16H11N5OS. The predicted molar refractivity (Wildman–Crippen MR) is 86.1 cm³/mol. The smallest absolute Gasteiger partial charge is 0.204 e. The molecule has 6 nitrogen and oxygen atoms in total. The number of hydrogen-bond donors (Lipinski definition) is 1. The van der Waals surface area contributed by atoms with E-state index in [1.54, 1.807) is 36.7 Å². The normalized spacial score (nSPS) is 10.0. The van der Waals surface area contributed by atoms with E-state index in [0.717, 1.165) is 5.56 Å². The molecule has 2 heterocycles. The summed E-state index contributed by atoms with van der Waals surface area (Å²) < 4.78 is 0. The lowest BCUT2D eigenvalue weighted by Crippen LogP contribution is -1.99. The minimum atomic E-state index is -0.143. The van der Waals surface area contributed by atoms with Gasteiger partial charge in [-0.05, 0) is 12.1 Å². The number of nitriles is 1. The van der Waals surface area contributed by atoms with Crippen molar-refractivity contribution in [1.29, 1.82) is 5.26 Å². The minimum absolute atomic E-state index is 0.143. The van der Waals surface area contributed by atoms with Crippen molar-refractivity contribution in [2.45, 2.75) is 6.54 Å². The minimum Gasteiger partial charge on any atom is -0.357 e. The van der Waals surface area contributed by atoms with Gasteiger partial charge in [0, 0.05) is 30.1 Å².